The van der Waals surface area contributed by atoms with Crippen molar-refractivity contribution in [3.05, 3.63) is 77.1 Å². The highest BCUT2D eigenvalue weighted by atomic mass is 19.1. The molecule has 0 aliphatic heterocycles. The number of H-pyrrole nitrogens is 1. The van der Waals surface area contributed by atoms with Gasteiger partial charge >= 0.3 is 0 Å². The Hall–Kier alpha value is -3.48. The molecule has 0 spiro atoms. The Morgan fingerprint density at radius 2 is 1.84 bits per heavy atom. The average Bonchev–Trinajstić information content (AvgIpc) is 3.39. The van der Waals surface area contributed by atoms with Crippen molar-refractivity contribution in [3.63, 3.8) is 0 Å². The number of imidazole rings is 1. The van der Waals surface area contributed by atoms with Crippen molar-refractivity contribution in [1.82, 2.24) is 25.1 Å². The van der Waals surface area contributed by atoms with Crippen LogP contribution in [0.3, 0.4) is 0 Å². The van der Waals surface area contributed by atoms with Gasteiger partial charge < -0.3 is 10.3 Å². The molecule has 7 heteroatoms. The molecule has 1 aliphatic rings. The molecule has 164 valence electrons. The van der Waals surface area contributed by atoms with Gasteiger partial charge in [0.1, 0.15) is 11.6 Å². The minimum atomic E-state index is -0.293. The van der Waals surface area contributed by atoms with E-state index in [2.05, 4.69) is 24.1 Å². The summed E-state index contributed by atoms with van der Waals surface area (Å²) in [5, 5.41) is 7.86. The number of aromatic amines is 1. The number of fused-ring (bicyclic) bond motifs is 2. The SMILES string of the molecule is CC(C)[C@@H](NC(=O)c1nn(-c2ccc(F)cc2)c2c1CCCC2)c1nc2ccccc2[nH]1. The van der Waals surface area contributed by atoms with E-state index in [0.29, 0.717) is 5.69 Å². The Labute approximate surface area is 185 Å². The van der Waals surface area contributed by atoms with E-state index >= 15 is 0 Å². The van der Waals surface area contributed by atoms with Gasteiger partial charge in [0, 0.05) is 11.3 Å². The Bertz CT molecular complexity index is 1240. The fourth-order valence-corrected chi connectivity index (χ4v) is 4.46. The predicted molar refractivity (Wildman–Crippen MR) is 121 cm³/mol. The lowest BCUT2D eigenvalue weighted by molar-refractivity contribution is 0.0917. The Kier molecular flexibility index (Phi) is 5.25. The Morgan fingerprint density at radius 1 is 1.09 bits per heavy atom. The molecule has 0 unspecified atom stereocenters. The largest absolute Gasteiger partial charge is 0.340 e. The number of nitrogens with one attached hydrogen (secondary N) is 2. The standard InChI is InChI=1S/C25H26FN5O/c1-15(2)22(24-27-19-8-4-5-9-20(19)28-24)29-25(32)23-18-7-3-6-10-21(18)31(30-23)17-13-11-16(26)12-14-17/h4-5,8-9,11-15,22H,3,6-7,10H2,1-2H3,(H,27,28)(H,29,32)/t22-/m1/s1. The molecule has 0 radical (unpaired) electrons. The summed E-state index contributed by atoms with van der Waals surface area (Å²) in [6.45, 7) is 4.12. The lowest BCUT2D eigenvalue weighted by Gasteiger charge is -2.20. The van der Waals surface area contributed by atoms with Crippen LogP contribution in [-0.4, -0.2) is 25.7 Å². The van der Waals surface area contributed by atoms with E-state index in [1.54, 1.807) is 16.8 Å². The minimum absolute atomic E-state index is 0.134. The molecule has 0 saturated carbocycles. The summed E-state index contributed by atoms with van der Waals surface area (Å²) < 4.78 is 15.2. The van der Waals surface area contributed by atoms with E-state index in [1.165, 1.54) is 12.1 Å². The van der Waals surface area contributed by atoms with Gasteiger partial charge in [-0.1, -0.05) is 26.0 Å². The number of amides is 1. The lowest BCUT2D eigenvalue weighted by atomic mass is 9.95. The summed E-state index contributed by atoms with van der Waals surface area (Å²) in [5.41, 5.74) is 5.07. The molecular weight excluding hydrogens is 405 g/mol. The van der Waals surface area contributed by atoms with E-state index < -0.39 is 0 Å². The number of carbonyl (C=O) groups is 1. The van der Waals surface area contributed by atoms with Gasteiger partial charge in [0.05, 0.1) is 22.8 Å². The average molecular weight is 432 g/mol. The summed E-state index contributed by atoms with van der Waals surface area (Å²) in [7, 11) is 0. The van der Waals surface area contributed by atoms with Crippen molar-refractivity contribution < 1.29 is 9.18 Å². The maximum Gasteiger partial charge on any atom is 0.272 e. The fraction of sp³-hybridized carbons (Fsp3) is 0.320. The summed E-state index contributed by atoms with van der Waals surface area (Å²) in [4.78, 5) is 21.5. The number of aromatic nitrogens is 4. The van der Waals surface area contributed by atoms with Crippen LogP contribution >= 0.6 is 0 Å². The quantitative estimate of drug-likeness (QED) is 0.472. The van der Waals surface area contributed by atoms with Crippen LogP contribution in [0.25, 0.3) is 16.7 Å². The van der Waals surface area contributed by atoms with Crippen LogP contribution in [0, 0.1) is 11.7 Å². The van der Waals surface area contributed by atoms with Gasteiger partial charge in [0.2, 0.25) is 0 Å². The van der Waals surface area contributed by atoms with E-state index in [1.807, 2.05) is 24.3 Å². The Morgan fingerprint density at radius 3 is 2.59 bits per heavy atom. The van der Waals surface area contributed by atoms with E-state index in [4.69, 9.17) is 10.1 Å². The first-order valence-corrected chi connectivity index (χ1v) is 11.1. The van der Waals surface area contributed by atoms with Gasteiger partial charge in [0.25, 0.3) is 5.91 Å². The zero-order valence-electron chi connectivity index (χ0n) is 18.2. The van der Waals surface area contributed by atoms with Crippen LogP contribution < -0.4 is 5.32 Å². The van der Waals surface area contributed by atoms with Gasteiger partial charge in [-0.15, -0.1) is 0 Å². The number of halogens is 1. The highest BCUT2D eigenvalue weighted by molar-refractivity contribution is 5.94. The second-order valence-electron chi connectivity index (χ2n) is 8.70. The fourth-order valence-electron chi connectivity index (χ4n) is 4.46. The van der Waals surface area contributed by atoms with Crippen molar-refractivity contribution in [2.24, 2.45) is 5.92 Å². The van der Waals surface area contributed by atoms with Crippen LogP contribution in [0.2, 0.25) is 0 Å². The highest BCUT2D eigenvalue weighted by Crippen LogP contribution is 2.28. The molecule has 6 nitrogen and oxygen atoms in total. The molecule has 0 fully saturated rings. The second kappa shape index (κ2) is 8.22. The van der Waals surface area contributed by atoms with Crippen LogP contribution in [0.15, 0.2) is 48.5 Å². The first kappa shape index (κ1) is 20.4. The van der Waals surface area contributed by atoms with Gasteiger partial charge in [-0.2, -0.15) is 5.10 Å². The van der Waals surface area contributed by atoms with Crippen LogP contribution in [0.5, 0.6) is 0 Å². The molecule has 32 heavy (non-hydrogen) atoms. The van der Waals surface area contributed by atoms with E-state index in [-0.39, 0.29) is 23.7 Å². The number of para-hydroxylation sites is 2. The minimum Gasteiger partial charge on any atom is -0.340 e. The predicted octanol–water partition coefficient (Wildman–Crippen LogP) is 4.89. The van der Waals surface area contributed by atoms with Crippen LogP contribution in [-0.2, 0) is 12.8 Å². The van der Waals surface area contributed by atoms with Crippen molar-refractivity contribution >= 4 is 16.9 Å². The number of carbonyl (C=O) groups excluding carboxylic acids is 1. The molecule has 2 aromatic heterocycles. The number of rotatable bonds is 5. The van der Waals surface area contributed by atoms with Gasteiger partial charge in [-0.25, -0.2) is 14.1 Å². The third kappa shape index (κ3) is 3.68. The molecule has 0 bridgehead atoms. The van der Waals surface area contributed by atoms with Crippen LogP contribution in [0.4, 0.5) is 4.39 Å². The lowest BCUT2D eigenvalue weighted by Crippen LogP contribution is -2.33. The summed E-state index contributed by atoms with van der Waals surface area (Å²) >= 11 is 0. The second-order valence-corrected chi connectivity index (χ2v) is 8.70. The Balaban J connectivity index is 1.49. The third-order valence-corrected chi connectivity index (χ3v) is 6.12. The highest BCUT2D eigenvalue weighted by Gasteiger charge is 2.29. The molecule has 5 rings (SSSR count). The van der Waals surface area contributed by atoms with Crippen molar-refractivity contribution in [1.29, 1.82) is 0 Å². The smallest absolute Gasteiger partial charge is 0.272 e. The maximum atomic E-state index is 13.4. The number of hydrogen-bond acceptors (Lipinski definition) is 3. The molecule has 2 aromatic carbocycles. The van der Waals surface area contributed by atoms with Crippen molar-refractivity contribution in [2.45, 2.75) is 45.6 Å². The van der Waals surface area contributed by atoms with Gasteiger partial charge in [-0.3, -0.25) is 4.79 Å². The van der Waals surface area contributed by atoms with E-state index in [9.17, 15) is 9.18 Å². The molecule has 1 atom stereocenters. The zero-order valence-corrected chi connectivity index (χ0v) is 18.2. The molecule has 2 N–H and O–H groups in total. The van der Waals surface area contributed by atoms with Gasteiger partial charge in [-0.05, 0) is 68.0 Å². The summed E-state index contributed by atoms with van der Waals surface area (Å²) in [6, 6.07) is 13.8. The molecule has 1 aliphatic carbocycles. The number of benzene rings is 2. The molecular formula is C25H26FN5O. The molecule has 0 saturated heterocycles. The van der Waals surface area contributed by atoms with Crippen molar-refractivity contribution in [2.75, 3.05) is 0 Å². The monoisotopic (exact) mass is 431 g/mol. The summed E-state index contributed by atoms with van der Waals surface area (Å²) in [5.74, 6) is 0.373. The third-order valence-electron chi connectivity index (χ3n) is 6.12. The molecule has 1 amide bonds. The number of hydrogen-bond donors (Lipinski definition) is 2. The molecule has 4 aromatic rings. The van der Waals surface area contributed by atoms with Gasteiger partial charge in [0.15, 0.2) is 5.69 Å². The van der Waals surface area contributed by atoms with E-state index in [0.717, 1.165) is 59.5 Å². The zero-order chi connectivity index (χ0) is 22.2. The summed E-state index contributed by atoms with van der Waals surface area (Å²) in [6.07, 6.45) is 3.74. The first-order valence-electron chi connectivity index (χ1n) is 11.1. The van der Waals surface area contributed by atoms with Crippen LogP contribution in [0.1, 0.15) is 60.3 Å². The first-order chi connectivity index (χ1) is 15.5. The normalized spacial score (nSPS) is 14.5. The topological polar surface area (TPSA) is 75.6 Å². The number of nitrogens with zero attached hydrogens (tertiary/aromatic N) is 3. The van der Waals surface area contributed by atoms with Crippen molar-refractivity contribution in [3.8, 4) is 5.69 Å². The molecule has 2 heterocycles. The maximum absolute atomic E-state index is 13.4.